The van der Waals surface area contributed by atoms with E-state index < -0.39 is 31.6 Å². The molecule has 0 saturated carbocycles. The molecule has 11 heteroatoms. The van der Waals surface area contributed by atoms with Gasteiger partial charge >= 0.3 is 0 Å². The van der Waals surface area contributed by atoms with Crippen LogP contribution in [0.15, 0.2) is 68.8 Å². The van der Waals surface area contributed by atoms with Gasteiger partial charge in [0, 0.05) is 31.3 Å². The smallest absolute Gasteiger partial charge is 0.298 e. The Morgan fingerprint density at radius 1 is 0.971 bits per heavy atom. The lowest BCUT2D eigenvalue weighted by molar-refractivity contribution is -0.127. The lowest BCUT2D eigenvalue weighted by atomic mass is 9.97. The number of amides is 1. The van der Waals surface area contributed by atoms with Crippen molar-refractivity contribution in [1.29, 1.82) is 0 Å². The van der Waals surface area contributed by atoms with Crippen molar-refractivity contribution in [2.75, 3.05) is 25.9 Å². The van der Waals surface area contributed by atoms with Gasteiger partial charge in [-0.05, 0) is 55.2 Å². The second kappa shape index (κ2) is 9.32. The Labute approximate surface area is 197 Å². The number of fused-ring (bicyclic) bond motifs is 1. The van der Waals surface area contributed by atoms with Crippen molar-refractivity contribution in [3.05, 3.63) is 60.4 Å². The van der Waals surface area contributed by atoms with Gasteiger partial charge in [-0.15, -0.1) is 0 Å². The fourth-order valence-electron chi connectivity index (χ4n) is 3.86. The van der Waals surface area contributed by atoms with Gasteiger partial charge in [0.25, 0.3) is 11.7 Å². The topological polar surface area (TPSA) is 131 Å². The number of para-hydroxylation sites is 1. The first-order valence-corrected chi connectivity index (χ1v) is 14.0. The van der Waals surface area contributed by atoms with Gasteiger partial charge in [0.05, 0.1) is 9.79 Å². The number of piperidine rings is 1. The minimum absolute atomic E-state index is 0.00275. The Balaban J connectivity index is 1.31. The predicted octanol–water partition coefficient (Wildman–Crippen LogP) is 2.24. The molecule has 4 rings (SSSR count). The molecule has 180 valence electrons. The molecule has 1 fully saturated rings. The highest BCUT2D eigenvalue weighted by atomic mass is 32.2. The number of nitrogens with zero attached hydrogens (tertiary/aromatic N) is 1. The molecule has 1 aromatic heterocycles. The predicted molar refractivity (Wildman–Crippen MR) is 125 cm³/mol. The van der Waals surface area contributed by atoms with Crippen LogP contribution in [0.4, 0.5) is 0 Å². The summed E-state index contributed by atoms with van der Waals surface area (Å²) in [7, 11) is -7.22. The number of carbonyl (C=O) groups is 2. The highest BCUT2D eigenvalue weighted by molar-refractivity contribution is 7.90. The van der Waals surface area contributed by atoms with Crippen molar-refractivity contribution < 1.29 is 30.8 Å². The second-order valence-electron chi connectivity index (χ2n) is 8.31. The summed E-state index contributed by atoms with van der Waals surface area (Å²) < 4.78 is 56.2. The summed E-state index contributed by atoms with van der Waals surface area (Å²) in [6, 6.07) is 13.7. The zero-order valence-corrected chi connectivity index (χ0v) is 20.1. The maximum absolute atomic E-state index is 12.6. The third-order valence-corrected chi connectivity index (χ3v) is 8.44. The summed E-state index contributed by atoms with van der Waals surface area (Å²) in [6.45, 7) is 0.843. The van der Waals surface area contributed by atoms with Gasteiger partial charge in [0.1, 0.15) is 5.58 Å². The number of furan rings is 1. The lowest BCUT2D eigenvalue weighted by Crippen LogP contribution is -2.44. The molecule has 9 nitrogen and oxygen atoms in total. The van der Waals surface area contributed by atoms with E-state index in [1.165, 1.54) is 29.2 Å². The number of carbonyl (C=O) groups excluding carboxylic acids is 2. The molecule has 1 aliphatic rings. The molecule has 2 heterocycles. The average Bonchev–Trinajstić information content (AvgIpc) is 3.26. The summed E-state index contributed by atoms with van der Waals surface area (Å²) >= 11 is 0. The molecule has 2 aromatic carbocycles. The van der Waals surface area contributed by atoms with Gasteiger partial charge in [-0.3, -0.25) is 9.59 Å². The Bertz CT molecular complexity index is 1400. The van der Waals surface area contributed by atoms with Crippen LogP contribution in [0.25, 0.3) is 11.0 Å². The molecule has 34 heavy (non-hydrogen) atoms. The first-order valence-electron chi connectivity index (χ1n) is 10.7. The molecule has 1 amide bonds. The SMILES string of the molecule is CS(=O)(=O)c1ccc(S(=O)(=O)NCC2CCN(C(=O)C(=O)c3cc4ccccc4o3)CC2)cc1. The number of ketones is 1. The van der Waals surface area contributed by atoms with E-state index in [1.807, 2.05) is 6.07 Å². The highest BCUT2D eigenvalue weighted by Gasteiger charge is 2.30. The van der Waals surface area contributed by atoms with E-state index in [0.29, 0.717) is 31.5 Å². The van der Waals surface area contributed by atoms with Crippen LogP contribution >= 0.6 is 0 Å². The molecule has 1 N–H and O–H groups in total. The van der Waals surface area contributed by atoms with Crippen molar-refractivity contribution in [3.8, 4) is 0 Å². The van der Waals surface area contributed by atoms with Crippen molar-refractivity contribution in [2.24, 2.45) is 5.92 Å². The molecule has 0 bridgehead atoms. The molecule has 0 unspecified atom stereocenters. The third kappa shape index (κ3) is 5.21. The van der Waals surface area contributed by atoms with Gasteiger partial charge in [0.2, 0.25) is 10.0 Å². The molecule has 3 aromatic rings. The average molecular weight is 505 g/mol. The second-order valence-corrected chi connectivity index (χ2v) is 12.1. The molecule has 0 aliphatic carbocycles. The standard InChI is InChI=1S/C23H24N2O7S2/c1-33(28,29)18-6-8-19(9-7-18)34(30,31)24-15-16-10-12-25(13-11-16)23(27)22(26)21-14-17-4-2-3-5-20(17)32-21/h2-9,14,16,24H,10-13,15H2,1H3. The van der Waals surface area contributed by atoms with E-state index >= 15 is 0 Å². The van der Waals surface area contributed by atoms with Gasteiger partial charge in [-0.1, -0.05) is 18.2 Å². The maximum atomic E-state index is 12.6. The van der Waals surface area contributed by atoms with Crippen LogP contribution in [0, 0.1) is 5.92 Å². The minimum atomic E-state index is -3.81. The molecule has 0 radical (unpaired) electrons. The maximum Gasteiger partial charge on any atom is 0.298 e. The molecule has 0 atom stereocenters. The molecular weight excluding hydrogens is 480 g/mol. The van der Waals surface area contributed by atoms with Crippen molar-refractivity contribution in [2.45, 2.75) is 22.6 Å². The molecular formula is C23H24N2O7S2. The van der Waals surface area contributed by atoms with Gasteiger partial charge in [-0.25, -0.2) is 21.6 Å². The number of likely N-dealkylation sites (tertiary alicyclic amines) is 1. The molecule has 1 saturated heterocycles. The van der Waals surface area contributed by atoms with Crippen LogP contribution in [-0.4, -0.2) is 59.3 Å². The summed E-state index contributed by atoms with van der Waals surface area (Å²) in [5, 5.41) is 0.746. The van der Waals surface area contributed by atoms with Crippen molar-refractivity contribution in [3.63, 3.8) is 0 Å². The minimum Gasteiger partial charge on any atom is -0.452 e. The monoisotopic (exact) mass is 504 g/mol. The van der Waals surface area contributed by atoms with E-state index in [2.05, 4.69) is 4.72 Å². The van der Waals surface area contributed by atoms with Crippen LogP contribution in [0.2, 0.25) is 0 Å². The number of sulfonamides is 1. The third-order valence-electron chi connectivity index (χ3n) is 5.87. The number of Topliss-reactive ketones (excluding diaryl/α,β-unsaturated/α-hetero) is 1. The number of hydrogen-bond acceptors (Lipinski definition) is 7. The number of benzene rings is 2. The summed E-state index contributed by atoms with van der Waals surface area (Å²) in [6.07, 6.45) is 2.12. The quantitative estimate of drug-likeness (QED) is 0.386. The number of rotatable bonds is 7. The highest BCUT2D eigenvalue weighted by Crippen LogP contribution is 2.22. The largest absolute Gasteiger partial charge is 0.452 e. The first kappa shape index (κ1) is 24.1. The zero-order chi connectivity index (χ0) is 24.5. The van der Waals surface area contributed by atoms with E-state index in [0.717, 1.165) is 11.6 Å². The Kier molecular flexibility index (Phi) is 6.61. The van der Waals surface area contributed by atoms with Crippen LogP contribution < -0.4 is 4.72 Å². The summed E-state index contributed by atoms with van der Waals surface area (Å²) in [5.74, 6) is -1.34. The fourth-order valence-corrected chi connectivity index (χ4v) is 5.61. The number of sulfone groups is 1. The van der Waals surface area contributed by atoms with Gasteiger partial charge < -0.3 is 9.32 Å². The van der Waals surface area contributed by atoms with E-state index in [9.17, 15) is 26.4 Å². The lowest BCUT2D eigenvalue weighted by Gasteiger charge is -2.31. The van der Waals surface area contributed by atoms with E-state index in [1.54, 1.807) is 24.3 Å². The Morgan fingerprint density at radius 3 is 2.21 bits per heavy atom. The summed E-state index contributed by atoms with van der Waals surface area (Å²) in [5.41, 5.74) is 0.538. The van der Waals surface area contributed by atoms with Crippen molar-refractivity contribution >= 4 is 42.5 Å². The van der Waals surface area contributed by atoms with Crippen LogP contribution in [0.1, 0.15) is 23.4 Å². The zero-order valence-electron chi connectivity index (χ0n) is 18.4. The van der Waals surface area contributed by atoms with Crippen LogP contribution in [0.3, 0.4) is 0 Å². The van der Waals surface area contributed by atoms with Crippen molar-refractivity contribution in [1.82, 2.24) is 9.62 Å². The Hall–Kier alpha value is -3.02. The Morgan fingerprint density at radius 2 is 1.59 bits per heavy atom. The van der Waals surface area contributed by atoms with Crippen LogP contribution in [-0.2, 0) is 24.7 Å². The normalized spacial score (nSPS) is 15.5. The number of hydrogen-bond donors (Lipinski definition) is 1. The summed E-state index contributed by atoms with van der Waals surface area (Å²) in [4.78, 5) is 26.7. The van der Waals surface area contributed by atoms with Gasteiger partial charge in [0.15, 0.2) is 15.6 Å². The first-order chi connectivity index (χ1) is 16.0. The molecule has 0 spiro atoms. The van der Waals surface area contributed by atoms with Gasteiger partial charge in [-0.2, -0.15) is 0 Å². The van der Waals surface area contributed by atoms with E-state index in [-0.39, 0.29) is 28.0 Å². The molecule has 1 aliphatic heterocycles. The fraction of sp³-hybridized carbons (Fsp3) is 0.304. The van der Waals surface area contributed by atoms with E-state index in [4.69, 9.17) is 4.42 Å². The number of nitrogens with one attached hydrogen (secondary N) is 1. The van der Waals surface area contributed by atoms with Crippen LogP contribution in [0.5, 0.6) is 0 Å².